The van der Waals surface area contributed by atoms with Crippen LogP contribution in [0.3, 0.4) is 0 Å². The topological polar surface area (TPSA) is 55.3 Å². The van der Waals surface area contributed by atoms with E-state index in [4.69, 9.17) is 4.74 Å². The molecule has 0 N–H and O–H groups in total. The van der Waals surface area contributed by atoms with Crippen molar-refractivity contribution in [3.63, 3.8) is 0 Å². The summed E-state index contributed by atoms with van der Waals surface area (Å²) in [5.74, 6) is 1.36. The highest BCUT2D eigenvalue weighted by molar-refractivity contribution is 6.00. The van der Waals surface area contributed by atoms with Gasteiger partial charge in [-0.05, 0) is 59.5 Å². The largest absolute Gasteiger partial charge is 0.439 e. The van der Waals surface area contributed by atoms with E-state index >= 15 is 0 Å². The average molecular weight is 407 g/mol. The first kappa shape index (κ1) is 19.0. The lowest BCUT2D eigenvalue weighted by Crippen LogP contribution is -2.23. The highest BCUT2D eigenvalue weighted by atomic mass is 16.5. The number of aromatic nitrogens is 2. The van der Waals surface area contributed by atoms with Gasteiger partial charge >= 0.3 is 0 Å². The lowest BCUT2D eigenvalue weighted by atomic mass is 9.97. The van der Waals surface area contributed by atoms with Crippen LogP contribution < -0.4 is 4.74 Å². The van der Waals surface area contributed by atoms with Gasteiger partial charge in [0.1, 0.15) is 5.75 Å². The summed E-state index contributed by atoms with van der Waals surface area (Å²) in [5.41, 5.74) is 6.10. The number of amides is 1. The minimum atomic E-state index is 0.0825. The van der Waals surface area contributed by atoms with Crippen LogP contribution in [0.25, 0.3) is 11.1 Å². The van der Waals surface area contributed by atoms with Gasteiger partial charge in [-0.1, -0.05) is 30.3 Å². The Balaban J connectivity index is 1.32. The summed E-state index contributed by atoms with van der Waals surface area (Å²) in [6.07, 6.45) is 5.31. The number of rotatable bonds is 5. The minimum absolute atomic E-state index is 0.0825. The molecule has 0 unspecified atom stereocenters. The smallest absolute Gasteiger partial charge is 0.255 e. The third-order valence-electron chi connectivity index (χ3n) is 5.43. The van der Waals surface area contributed by atoms with Crippen LogP contribution in [0.5, 0.6) is 11.6 Å². The van der Waals surface area contributed by atoms with Crippen molar-refractivity contribution >= 4 is 5.91 Å². The fourth-order valence-electron chi connectivity index (χ4n) is 3.97. The Kier molecular flexibility index (Phi) is 4.92. The van der Waals surface area contributed by atoms with Gasteiger partial charge in [0.15, 0.2) is 0 Å². The molecule has 4 aromatic rings. The zero-order valence-corrected chi connectivity index (χ0v) is 17.2. The fourth-order valence-corrected chi connectivity index (χ4v) is 3.97. The highest BCUT2D eigenvalue weighted by Crippen LogP contribution is 2.32. The molecule has 2 aromatic heterocycles. The zero-order chi connectivity index (χ0) is 21.2. The molecule has 0 atom stereocenters. The van der Waals surface area contributed by atoms with Crippen molar-refractivity contribution < 1.29 is 9.53 Å². The number of nitrogens with zero attached hydrogens (tertiary/aromatic N) is 3. The fraction of sp³-hybridized carbons (Fsp3) is 0.115. The van der Waals surface area contributed by atoms with Gasteiger partial charge in [-0.3, -0.25) is 9.78 Å². The van der Waals surface area contributed by atoms with Crippen molar-refractivity contribution in [1.29, 1.82) is 0 Å². The van der Waals surface area contributed by atoms with E-state index in [2.05, 4.69) is 22.1 Å². The van der Waals surface area contributed by atoms with E-state index in [-0.39, 0.29) is 5.91 Å². The van der Waals surface area contributed by atoms with Crippen LogP contribution in [-0.2, 0) is 13.1 Å². The maximum Gasteiger partial charge on any atom is 0.255 e. The van der Waals surface area contributed by atoms with Crippen molar-refractivity contribution in [3.8, 4) is 22.8 Å². The number of benzene rings is 2. The lowest BCUT2D eigenvalue weighted by Gasteiger charge is -2.16. The third kappa shape index (κ3) is 3.90. The van der Waals surface area contributed by atoms with Gasteiger partial charge in [-0.25, -0.2) is 4.98 Å². The number of hydrogen-bond acceptors (Lipinski definition) is 4. The second kappa shape index (κ2) is 8.03. The van der Waals surface area contributed by atoms with Crippen molar-refractivity contribution in [3.05, 3.63) is 108 Å². The monoisotopic (exact) mass is 407 g/mol. The Morgan fingerprint density at radius 2 is 1.84 bits per heavy atom. The number of ether oxygens (including phenoxy) is 1. The molecule has 5 nitrogen and oxygen atoms in total. The molecule has 3 heterocycles. The molecule has 1 aliphatic rings. The molecule has 0 aliphatic carbocycles. The molecule has 0 saturated carbocycles. The molecular formula is C26H21N3O2. The van der Waals surface area contributed by atoms with E-state index in [0.717, 1.165) is 39.1 Å². The Morgan fingerprint density at radius 3 is 2.58 bits per heavy atom. The molecule has 1 amide bonds. The predicted molar refractivity (Wildman–Crippen MR) is 119 cm³/mol. The molecule has 1 aliphatic heterocycles. The van der Waals surface area contributed by atoms with Crippen molar-refractivity contribution in [2.45, 2.75) is 20.0 Å². The van der Waals surface area contributed by atoms with E-state index in [9.17, 15) is 4.79 Å². The van der Waals surface area contributed by atoms with Gasteiger partial charge < -0.3 is 9.64 Å². The Bertz CT molecular complexity index is 1220. The van der Waals surface area contributed by atoms with Gasteiger partial charge in [0.2, 0.25) is 5.88 Å². The molecule has 2 aromatic carbocycles. The first-order chi connectivity index (χ1) is 15.2. The van der Waals surface area contributed by atoms with Gasteiger partial charge in [-0.2, -0.15) is 0 Å². The number of pyridine rings is 2. The summed E-state index contributed by atoms with van der Waals surface area (Å²) in [4.78, 5) is 23.3. The first-order valence-electron chi connectivity index (χ1n) is 10.2. The lowest BCUT2D eigenvalue weighted by molar-refractivity contribution is 0.0766. The molecule has 0 saturated heterocycles. The summed E-state index contributed by atoms with van der Waals surface area (Å²) in [5, 5.41) is 0. The Morgan fingerprint density at radius 1 is 0.968 bits per heavy atom. The van der Waals surface area contributed by atoms with E-state index in [1.54, 1.807) is 12.4 Å². The maximum atomic E-state index is 13.1. The standard InChI is InChI=1S/C26H21N3O2/c1-18-13-21(20-5-4-11-27-15-20)14-22-17-29(26(30)25(18)22)16-19-7-9-23(10-8-19)31-24-6-2-3-12-28-24/h2-15H,16-17H2,1H3. The van der Waals surface area contributed by atoms with Crippen molar-refractivity contribution in [2.75, 3.05) is 0 Å². The SMILES string of the molecule is Cc1cc(-c2cccnc2)cc2c1C(=O)N(Cc1ccc(Oc3ccccn3)cc1)C2. The number of aryl methyl sites for hydroxylation is 1. The van der Waals surface area contributed by atoms with Crippen LogP contribution in [0, 0.1) is 6.92 Å². The second-order valence-corrected chi connectivity index (χ2v) is 7.64. The van der Waals surface area contributed by atoms with Crippen LogP contribution in [0.1, 0.15) is 27.0 Å². The van der Waals surface area contributed by atoms with E-state index in [1.807, 2.05) is 72.6 Å². The van der Waals surface area contributed by atoms with E-state index in [1.165, 1.54) is 0 Å². The summed E-state index contributed by atoms with van der Waals surface area (Å²) >= 11 is 0. The molecule has 0 bridgehead atoms. The maximum absolute atomic E-state index is 13.1. The summed E-state index contributed by atoms with van der Waals surface area (Å²) in [7, 11) is 0. The summed E-state index contributed by atoms with van der Waals surface area (Å²) in [6.45, 7) is 3.16. The van der Waals surface area contributed by atoms with Gasteiger partial charge in [0, 0.05) is 48.9 Å². The summed E-state index contributed by atoms with van der Waals surface area (Å²) in [6, 6.07) is 21.5. The predicted octanol–water partition coefficient (Wildman–Crippen LogP) is 5.40. The Hall–Kier alpha value is -3.99. The molecule has 5 rings (SSSR count). The Labute approximate surface area is 181 Å². The normalized spacial score (nSPS) is 12.7. The molecular weight excluding hydrogens is 386 g/mol. The zero-order valence-electron chi connectivity index (χ0n) is 17.2. The third-order valence-corrected chi connectivity index (χ3v) is 5.43. The van der Waals surface area contributed by atoms with Gasteiger partial charge in [0.25, 0.3) is 5.91 Å². The first-order valence-corrected chi connectivity index (χ1v) is 10.2. The summed E-state index contributed by atoms with van der Waals surface area (Å²) < 4.78 is 5.75. The number of carbonyl (C=O) groups excluding carboxylic acids is 1. The van der Waals surface area contributed by atoms with Crippen molar-refractivity contribution in [1.82, 2.24) is 14.9 Å². The highest BCUT2D eigenvalue weighted by Gasteiger charge is 2.29. The molecule has 152 valence electrons. The second-order valence-electron chi connectivity index (χ2n) is 7.64. The van der Waals surface area contributed by atoms with E-state index in [0.29, 0.717) is 19.0 Å². The van der Waals surface area contributed by atoms with Crippen LogP contribution in [0.2, 0.25) is 0 Å². The molecule has 5 heteroatoms. The quantitative estimate of drug-likeness (QED) is 0.444. The number of carbonyl (C=O) groups is 1. The van der Waals surface area contributed by atoms with Crippen LogP contribution in [0.4, 0.5) is 0 Å². The van der Waals surface area contributed by atoms with Gasteiger partial charge in [0.05, 0.1) is 0 Å². The van der Waals surface area contributed by atoms with Gasteiger partial charge in [-0.15, -0.1) is 0 Å². The number of fused-ring (bicyclic) bond motifs is 1. The van der Waals surface area contributed by atoms with Crippen LogP contribution in [-0.4, -0.2) is 20.8 Å². The molecule has 0 fully saturated rings. The van der Waals surface area contributed by atoms with Crippen molar-refractivity contribution in [2.24, 2.45) is 0 Å². The minimum Gasteiger partial charge on any atom is -0.439 e. The average Bonchev–Trinajstić information content (AvgIpc) is 3.12. The van der Waals surface area contributed by atoms with Crippen LogP contribution >= 0.6 is 0 Å². The van der Waals surface area contributed by atoms with E-state index < -0.39 is 0 Å². The van der Waals surface area contributed by atoms with Crippen LogP contribution in [0.15, 0.2) is 85.3 Å². The molecule has 0 spiro atoms. The molecule has 31 heavy (non-hydrogen) atoms. The molecule has 0 radical (unpaired) electrons. The number of hydrogen-bond donors (Lipinski definition) is 0.